The van der Waals surface area contributed by atoms with Gasteiger partial charge in [-0.3, -0.25) is 0 Å². The summed E-state index contributed by atoms with van der Waals surface area (Å²) < 4.78 is 5.72. The number of pyridine rings is 1. The highest BCUT2D eigenvalue weighted by atomic mass is 16.5. The minimum absolute atomic E-state index is 0.478. The van der Waals surface area contributed by atoms with Gasteiger partial charge in [-0.05, 0) is 48.7 Å². The molecule has 0 atom stereocenters. The van der Waals surface area contributed by atoms with Crippen LogP contribution >= 0.6 is 0 Å². The van der Waals surface area contributed by atoms with Gasteiger partial charge in [0.2, 0.25) is 5.88 Å². The van der Waals surface area contributed by atoms with Crippen molar-refractivity contribution < 1.29 is 14.6 Å². The molecule has 102 valence electrons. The number of nitrogens with zero attached hydrogens (tertiary/aromatic N) is 1. The Morgan fingerprint density at radius 1 is 1.25 bits per heavy atom. The van der Waals surface area contributed by atoms with Gasteiger partial charge in [0, 0.05) is 18.3 Å². The Hall–Kier alpha value is -2.62. The third kappa shape index (κ3) is 3.45. The van der Waals surface area contributed by atoms with Crippen LogP contribution in [-0.2, 0) is 4.79 Å². The Morgan fingerprint density at radius 3 is 2.70 bits per heavy atom. The second-order valence-electron chi connectivity index (χ2n) is 4.40. The lowest BCUT2D eigenvalue weighted by atomic mass is 10.1. The molecule has 0 fully saturated rings. The van der Waals surface area contributed by atoms with Gasteiger partial charge in [-0.2, -0.15) is 0 Å². The monoisotopic (exact) mass is 269 g/mol. The van der Waals surface area contributed by atoms with E-state index in [0.717, 1.165) is 23.0 Å². The Bertz CT molecular complexity index is 645. The number of aromatic nitrogens is 1. The highest BCUT2D eigenvalue weighted by molar-refractivity contribution is 5.85. The van der Waals surface area contributed by atoms with Crippen LogP contribution in [0.1, 0.15) is 16.7 Å². The third-order valence-corrected chi connectivity index (χ3v) is 2.95. The van der Waals surface area contributed by atoms with E-state index in [9.17, 15) is 4.79 Å². The van der Waals surface area contributed by atoms with Crippen molar-refractivity contribution in [1.82, 2.24) is 4.98 Å². The topological polar surface area (TPSA) is 59.4 Å². The first-order valence-electron chi connectivity index (χ1n) is 6.17. The lowest BCUT2D eigenvalue weighted by molar-refractivity contribution is -0.131. The number of carboxylic acids is 1. The molecule has 2 aromatic rings. The van der Waals surface area contributed by atoms with Crippen molar-refractivity contribution in [2.45, 2.75) is 13.8 Å². The molecule has 0 saturated carbocycles. The SMILES string of the molecule is Cc1cccc(Oc2ccc(/C=C/C(=O)O)cn2)c1C. The summed E-state index contributed by atoms with van der Waals surface area (Å²) in [6.45, 7) is 4.02. The van der Waals surface area contributed by atoms with E-state index in [0.29, 0.717) is 11.4 Å². The van der Waals surface area contributed by atoms with Crippen LogP contribution in [0.25, 0.3) is 6.08 Å². The van der Waals surface area contributed by atoms with Crippen LogP contribution in [0.5, 0.6) is 11.6 Å². The maximum atomic E-state index is 10.4. The molecule has 0 aliphatic rings. The number of ether oxygens (including phenoxy) is 1. The fraction of sp³-hybridized carbons (Fsp3) is 0.125. The zero-order valence-corrected chi connectivity index (χ0v) is 11.3. The molecule has 4 nitrogen and oxygen atoms in total. The van der Waals surface area contributed by atoms with Crippen molar-refractivity contribution in [3.63, 3.8) is 0 Å². The first-order chi connectivity index (χ1) is 9.56. The summed E-state index contributed by atoms with van der Waals surface area (Å²) in [4.78, 5) is 14.6. The summed E-state index contributed by atoms with van der Waals surface area (Å²) in [5.41, 5.74) is 2.94. The van der Waals surface area contributed by atoms with Crippen molar-refractivity contribution in [1.29, 1.82) is 0 Å². The summed E-state index contributed by atoms with van der Waals surface area (Å²) in [5.74, 6) is 0.262. The van der Waals surface area contributed by atoms with Gasteiger partial charge in [-0.25, -0.2) is 9.78 Å². The van der Waals surface area contributed by atoms with Gasteiger partial charge in [0.25, 0.3) is 0 Å². The molecular formula is C16H15NO3. The van der Waals surface area contributed by atoms with Gasteiger partial charge in [0.05, 0.1) is 0 Å². The Balaban J connectivity index is 2.15. The van der Waals surface area contributed by atoms with E-state index in [4.69, 9.17) is 9.84 Å². The average molecular weight is 269 g/mol. The van der Waals surface area contributed by atoms with E-state index >= 15 is 0 Å². The van der Waals surface area contributed by atoms with Crippen LogP contribution in [-0.4, -0.2) is 16.1 Å². The van der Waals surface area contributed by atoms with Crippen molar-refractivity contribution in [3.8, 4) is 11.6 Å². The molecule has 1 N–H and O–H groups in total. The van der Waals surface area contributed by atoms with Gasteiger partial charge >= 0.3 is 5.97 Å². The molecule has 20 heavy (non-hydrogen) atoms. The summed E-state index contributed by atoms with van der Waals surface area (Å²) in [5, 5.41) is 8.55. The van der Waals surface area contributed by atoms with Crippen LogP contribution in [0.2, 0.25) is 0 Å². The Morgan fingerprint density at radius 2 is 2.05 bits per heavy atom. The predicted molar refractivity (Wildman–Crippen MR) is 76.9 cm³/mol. The number of benzene rings is 1. The second kappa shape index (κ2) is 6.02. The molecule has 4 heteroatoms. The van der Waals surface area contributed by atoms with Crippen LogP contribution in [0.3, 0.4) is 0 Å². The van der Waals surface area contributed by atoms with Gasteiger partial charge in [0.15, 0.2) is 0 Å². The van der Waals surface area contributed by atoms with Crippen molar-refractivity contribution >= 4 is 12.0 Å². The molecule has 1 aromatic carbocycles. The predicted octanol–water partition coefficient (Wildman–Crippen LogP) is 3.59. The third-order valence-electron chi connectivity index (χ3n) is 2.95. The molecule has 1 aromatic heterocycles. The second-order valence-corrected chi connectivity index (χ2v) is 4.40. The van der Waals surface area contributed by atoms with Crippen LogP contribution in [0.15, 0.2) is 42.6 Å². The largest absolute Gasteiger partial charge is 0.478 e. The van der Waals surface area contributed by atoms with Crippen LogP contribution in [0.4, 0.5) is 0 Å². The molecule has 0 unspecified atom stereocenters. The average Bonchev–Trinajstić information content (AvgIpc) is 2.43. The van der Waals surface area contributed by atoms with E-state index in [1.165, 1.54) is 6.08 Å². The molecular weight excluding hydrogens is 254 g/mol. The maximum Gasteiger partial charge on any atom is 0.328 e. The van der Waals surface area contributed by atoms with Crippen molar-refractivity contribution in [2.75, 3.05) is 0 Å². The summed E-state index contributed by atoms with van der Waals surface area (Å²) in [7, 11) is 0. The number of hydrogen-bond donors (Lipinski definition) is 1. The smallest absolute Gasteiger partial charge is 0.328 e. The highest BCUT2D eigenvalue weighted by Gasteiger charge is 2.04. The Labute approximate surface area is 117 Å². The molecule has 2 rings (SSSR count). The van der Waals surface area contributed by atoms with Crippen molar-refractivity contribution in [3.05, 3.63) is 59.3 Å². The number of aliphatic carboxylic acids is 1. The standard InChI is InChI=1S/C16H15NO3/c1-11-4-3-5-14(12(11)2)20-15-8-6-13(10-17-15)7-9-16(18)19/h3-10H,1-2H3,(H,18,19)/b9-7+. The lowest BCUT2D eigenvalue weighted by Crippen LogP contribution is -1.92. The van der Waals surface area contributed by atoms with E-state index in [1.54, 1.807) is 18.3 Å². The fourth-order valence-corrected chi connectivity index (χ4v) is 1.67. The number of carboxylic acid groups (broad SMARTS) is 1. The number of hydrogen-bond acceptors (Lipinski definition) is 3. The molecule has 0 aliphatic heterocycles. The van der Waals surface area contributed by atoms with E-state index in [-0.39, 0.29) is 0 Å². The lowest BCUT2D eigenvalue weighted by Gasteiger charge is -2.09. The minimum atomic E-state index is -0.985. The summed E-state index contributed by atoms with van der Waals surface area (Å²) >= 11 is 0. The van der Waals surface area contributed by atoms with E-state index in [1.807, 2.05) is 32.0 Å². The van der Waals surface area contributed by atoms with Gasteiger partial charge in [-0.15, -0.1) is 0 Å². The molecule has 1 heterocycles. The molecule has 0 saturated heterocycles. The maximum absolute atomic E-state index is 10.4. The summed E-state index contributed by atoms with van der Waals surface area (Å²) in [6, 6.07) is 9.31. The Kier molecular flexibility index (Phi) is 4.15. The zero-order chi connectivity index (χ0) is 14.5. The fourth-order valence-electron chi connectivity index (χ4n) is 1.67. The van der Waals surface area contributed by atoms with Gasteiger partial charge < -0.3 is 9.84 Å². The molecule has 0 spiro atoms. The van der Waals surface area contributed by atoms with E-state index < -0.39 is 5.97 Å². The normalized spacial score (nSPS) is 10.7. The molecule has 0 aliphatic carbocycles. The van der Waals surface area contributed by atoms with Crippen LogP contribution < -0.4 is 4.74 Å². The zero-order valence-electron chi connectivity index (χ0n) is 11.3. The van der Waals surface area contributed by atoms with E-state index in [2.05, 4.69) is 4.98 Å². The number of rotatable bonds is 4. The first kappa shape index (κ1) is 13.8. The number of carbonyl (C=O) groups is 1. The first-order valence-corrected chi connectivity index (χ1v) is 6.17. The highest BCUT2D eigenvalue weighted by Crippen LogP contribution is 2.25. The molecule has 0 bridgehead atoms. The van der Waals surface area contributed by atoms with Crippen LogP contribution in [0, 0.1) is 13.8 Å². The molecule has 0 radical (unpaired) electrons. The molecule has 0 amide bonds. The summed E-state index contributed by atoms with van der Waals surface area (Å²) in [6.07, 6.45) is 4.12. The number of aryl methyl sites for hydroxylation is 1. The van der Waals surface area contributed by atoms with Gasteiger partial charge in [0.1, 0.15) is 5.75 Å². The minimum Gasteiger partial charge on any atom is -0.478 e. The van der Waals surface area contributed by atoms with Gasteiger partial charge in [-0.1, -0.05) is 12.1 Å². The quantitative estimate of drug-likeness (QED) is 0.862. The van der Waals surface area contributed by atoms with Crippen molar-refractivity contribution in [2.24, 2.45) is 0 Å².